The first-order valence-corrected chi connectivity index (χ1v) is 13.6. The fraction of sp³-hybridized carbons (Fsp3) is 0.222. The molecule has 0 spiro atoms. The number of carbonyl (C=O) groups excluding carboxylic acids is 2. The molecule has 3 rings (SSSR count). The Morgan fingerprint density at radius 3 is 2.34 bits per heavy atom. The second kappa shape index (κ2) is 14.0. The topological polar surface area (TPSA) is 89.0 Å². The fourth-order valence-electron chi connectivity index (χ4n) is 3.34. The third kappa shape index (κ3) is 8.23. The molecule has 0 aliphatic carbocycles. The standard InChI is InChI=1S/C27H25Cl3IN3O4/c1-15(2)24(33-26(35)17-4-7-19(28)8-5-17)27(36)34-32-13-16-10-22(31)25(23(11-16)37-3)38-14-18-6-9-20(29)12-21(18)30/h4-13,15,24H,14H2,1-3H3,(H,33,35)(H,34,36). The molecule has 1 atom stereocenters. The maximum Gasteiger partial charge on any atom is 0.262 e. The number of hydrogen-bond acceptors (Lipinski definition) is 5. The molecular formula is C27H25Cl3IN3O4. The summed E-state index contributed by atoms with van der Waals surface area (Å²) in [5.41, 5.74) is 4.36. The molecule has 2 N–H and O–H groups in total. The van der Waals surface area contributed by atoms with Crippen molar-refractivity contribution in [2.24, 2.45) is 11.0 Å². The molecule has 11 heteroatoms. The first kappa shape index (κ1) is 30.0. The Morgan fingerprint density at radius 1 is 1.03 bits per heavy atom. The molecule has 0 aliphatic rings. The van der Waals surface area contributed by atoms with Crippen LogP contribution in [-0.4, -0.2) is 31.2 Å². The van der Waals surface area contributed by atoms with Crippen LogP contribution < -0.4 is 20.2 Å². The van der Waals surface area contributed by atoms with Crippen molar-refractivity contribution in [1.82, 2.24) is 10.7 Å². The van der Waals surface area contributed by atoms with Gasteiger partial charge in [0.05, 0.1) is 16.9 Å². The van der Waals surface area contributed by atoms with E-state index in [1.807, 2.05) is 19.9 Å². The lowest BCUT2D eigenvalue weighted by Crippen LogP contribution is -2.48. The average Bonchev–Trinajstić information content (AvgIpc) is 2.87. The van der Waals surface area contributed by atoms with Crippen molar-refractivity contribution in [3.63, 3.8) is 0 Å². The first-order valence-electron chi connectivity index (χ1n) is 11.4. The Balaban J connectivity index is 1.66. The van der Waals surface area contributed by atoms with Crippen LogP contribution in [0, 0.1) is 9.49 Å². The van der Waals surface area contributed by atoms with Crippen LogP contribution in [0.5, 0.6) is 11.5 Å². The Hall–Kier alpha value is -2.53. The van der Waals surface area contributed by atoms with Gasteiger partial charge in [-0.25, -0.2) is 5.43 Å². The van der Waals surface area contributed by atoms with Gasteiger partial charge in [0.25, 0.3) is 11.8 Å². The number of nitrogens with one attached hydrogen (secondary N) is 2. The summed E-state index contributed by atoms with van der Waals surface area (Å²) in [7, 11) is 1.53. The van der Waals surface area contributed by atoms with E-state index < -0.39 is 11.9 Å². The Labute approximate surface area is 250 Å². The van der Waals surface area contributed by atoms with E-state index in [9.17, 15) is 9.59 Å². The average molecular weight is 689 g/mol. The largest absolute Gasteiger partial charge is 0.493 e. The molecule has 200 valence electrons. The maximum atomic E-state index is 12.8. The second-order valence-corrected chi connectivity index (χ2v) is 10.9. The number of carbonyl (C=O) groups is 2. The van der Waals surface area contributed by atoms with Crippen molar-refractivity contribution in [2.45, 2.75) is 26.5 Å². The molecule has 0 heterocycles. The van der Waals surface area contributed by atoms with Crippen LogP contribution in [0.1, 0.15) is 35.3 Å². The molecule has 38 heavy (non-hydrogen) atoms. The molecule has 0 saturated carbocycles. The number of methoxy groups -OCH3 is 1. The number of rotatable bonds is 10. The van der Waals surface area contributed by atoms with Gasteiger partial charge in [0.1, 0.15) is 12.6 Å². The lowest BCUT2D eigenvalue weighted by molar-refractivity contribution is -0.123. The molecule has 0 aliphatic heterocycles. The molecule has 0 fully saturated rings. The molecule has 0 aromatic heterocycles. The van der Waals surface area contributed by atoms with Crippen LogP contribution >= 0.6 is 57.4 Å². The van der Waals surface area contributed by atoms with Crippen molar-refractivity contribution in [2.75, 3.05) is 7.11 Å². The van der Waals surface area contributed by atoms with Gasteiger partial charge < -0.3 is 14.8 Å². The quantitative estimate of drug-likeness (QED) is 0.140. The number of hydrazone groups is 1. The summed E-state index contributed by atoms with van der Waals surface area (Å²) in [4.78, 5) is 25.4. The van der Waals surface area contributed by atoms with Crippen LogP contribution in [0.3, 0.4) is 0 Å². The summed E-state index contributed by atoms with van der Waals surface area (Å²) in [6, 6.07) is 14.4. The van der Waals surface area contributed by atoms with Crippen molar-refractivity contribution in [1.29, 1.82) is 0 Å². The number of nitrogens with zero attached hydrogens (tertiary/aromatic N) is 1. The second-order valence-electron chi connectivity index (χ2n) is 8.49. The van der Waals surface area contributed by atoms with Crippen molar-refractivity contribution in [3.8, 4) is 11.5 Å². The van der Waals surface area contributed by atoms with Gasteiger partial charge in [-0.15, -0.1) is 0 Å². The van der Waals surface area contributed by atoms with Gasteiger partial charge in [-0.1, -0.05) is 54.7 Å². The number of hydrogen-bond donors (Lipinski definition) is 2. The number of halogens is 4. The first-order chi connectivity index (χ1) is 18.1. The highest BCUT2D eigenvalue weighted by molar-refractivity contribution is 14.1. The van der Waals surface area contributed by atoms with Gasteiger partial charge >= 0.3 is 0 Å². The molecule has 3 aromatic carbocycles. The van der Waals surface area contributed by atoms with Crippen LogP contribution in [0.2, 0.25) is 15.1 Å². The lowest BCUT2D eigenvalue weighted by Gasteiger charge is -2.20. The zero-order valence-electron chi connectivity index (χ0n) is 20.7. The van der Waals surface area contributed by atoms with Crippen molar-refractivity contribution in [3.05, 3.63) is 89.9 Å². The van der Waals surface area contributed by atoms with Crippen LogP contribution in [0.25, 0.3) is 0 Å². The van der Waals surface area contributed by atoms with Gasteiger partial charge in [0, 0.05) is 26.2 Å². The molecular weight excluding hydrogens is 664 g/mol. The SMILES string of the molecule is COc1cc(C=NNC(=O)C(NC(=O)c2ccc(Cl)cc2)C(C)C)cc(I)c1OCc1ccc(Cl)cc1Cl. The fourth-order valence-corrected chi connectivity index (χ4v) is 4.71. The predicted molar refractivity (Wildman–Crippen MR) is 160 cm³/mol. The molecule has 0 radical (unpaired) electrons. The minimum atomic E-state index is -0.791. The normalized spacial score (nSPS) is 11.9. The highest BCUT2D eigenvalue weighted by Gasteiger charge is 2.24. The zero-order chi connectivity index (χ0) is 27.8. The number of ether oxygens (including phenoxy) is 2. The van der Waals surface area contributed by atoms with E-state index in [2.05, 4.69) is 38.4 Å². The smallest absolute Gasteiger partial charge is 0.262 e. The summed E-state index contributed by atoms with van der Waals surface area (Å²) in [5.74, 6) is 0.0393. The molecule has 3 aromatic rings. The molecule has 2 amide bonds. The van der Waals surface area contributed by atoms with E-state index in [1.165, 1.54) is 13.3 Å². The van der Waals surface area contributed by atoms with Crippen molar-refractivity contribution >= 4 is 75.4 Å². The van der Waals surface area contributed by atoms with Gasteiger partial charge in [0.15, 0.2) is 11.5 Å². The van der Waals surface area contributed by atoms with E-state index in [0.29, 0.717) is 37.7 Å². The summed E-state index contributed by atoms with van der Waals surface area (Å²) < 4.78 is 12.3. The third-order valence-electron chi connectivity index (χ3n) is 5.37. The van der Waals surface area contributed by atoms with Crippen molar-refractivity contribution < 1.29 is 19.1 Å². The van der Waals surface area contributed by atoms with E-state index in [0.717, 1.165) is 9.13 Å². The molecule has 0 bridgehead atoms. The Kier molecular flexibility index (Phi) is 11.1. The van der Waals surface area contributed by atoms with Crippen LogP contribution in [0.4, 0.5) is 0 Å². The monoisotopic (exact) mass is 687 g/mol. The molecule has 7 nitrogen and oxygen atoms in total. The highest BCUT2D eigenvalue weighted by atomic mass is 127. The van der Waals surface area contributed by atoms with Gasteiger partial charge in [-0.3, -0.25) is 9.59 Å². The van der Waals surface area contributed by atoms with Crippen LogP contribution in [-0.2, 0) is 11.4 Å². The minimum Gasteiger partial charge on any atom is -0.493 e. The van der Waals surface area contributed by atoms with Crippen LogP contribution in [0.15, 0.2) is 59.7 Å². The predicted octanol–water partition coefficient (Wildman–Crippen LogP) is 6.74. The molecule has 1 unspecified atom stereocenters. The highest BCUT2D eigenvalue weighted by Crippen LogP contribution is 2.35. The summed E-state index contributed by atoms with van der Waals surface area (Å²) in [5, 5.41) is 8.40. The minimum absolute atomic E-state index is 0.173. The zero-order valence-corrected chi connectivity index (χ0v) is 25.2. The summed E-state index contributed by atoms with van der Waals surface area (Å²) in [6.45, 7) is 3.89. The van der Waals surface area contributed by atoms with E-state index in [4.69, 9.17) is 44.3 Å². The summed E-state index contributed by atoms with van der Waals surface area (Å²) >= 11 is 20.2. The lowest BCUT2D eigenvalue weighted by atomic mass is 10.0. The number of amides is 2. The third-order valence-corrected chi connectivity index (χ3v) is 7.01. The van der Waals surface area contributed by atoms with E-state index in [-0.39, 0.29) is 18.4 Å². The van der Waals surface area contributed by atoms with E-state index >= 15 is 0 Å². The van der Waals surface area contributed by atoms with Gasteiger partial charge in [-0.05, 0) is 82.6 Å². The Morgan fingerprint density at radius 2 is 1.71 bits per heavy atom. The Bertz CT molecular complexity index is 1330. The summed E-state index contributed by atoms with van der Waals surface area (Å²) in [6.07, 6.45) is 1.49. The van der Waals surface area contributed by atoms with E-state index in [1.54, 1.807) is 48.5 Å². The number of benzene rings is 3. The molecule has 0 saturated heterocycles. The van der Waals surface area contributed by atoms with Gasteiger partial charge in [-0.2, -0.15) is 5.10 Å². The maximum absolute atomic E-state index is 12.8. The van der Waals surface area contributed by atoms with Gasteiger partial charge in [0.2, 0.25) is 0 Å².